The summed E-state index contributed by atoms with van der Waals surface area (Å²) in [6.45, 7) is 11.8. The van der Waals surface area contributed by atoms with Crippen LogP contribution in [0.2, 0.25) is 5.02 Å². The first-order valence-corrected chi connectivity index (χ1v) is 12.7. The van der Waals surface area contributed by atoms with Crippen LogP contribution in [0.3, 0.4) is 0 Å². The molecule has 11 heteroatoms. The van der Waals surface area contributed by atoms with Crippen molar-refractivity contribution in [2.45, 2.75) is 13.0 Å². The van der Waals surface area contributed by atoms with Gasteiger partial charge in [-0.1, -0.05) is 29.0 Å². The molecule has 178 valence electrons. The van der Waals surface area contributed by atoms with Gasteiger partial charge in [-0.05, 0) is 30.7 Å². The van der Waals surface area contributed by atoms with Gasteiger partial charge in [-0.25, -0.2) is 4.98 Å². The van der Waals surface area contributed by atoms with E-state index in [0.717, 1.165) is 16.8 Å². The molecule has 2 aromatic carbocycles. The highest BCUT2D eigenvalue weighted by Gasteiger charge is 2.37. The van der Waals surface area contributed by atoms with E-state index in [1.807, 2.05) is 18.2 Å². The van der Waals surface area contributed by atoms with Gasteiger partial charge in [0.2, 0.25) is 5.13 Å². The zero-order valence-electron chi connectivity index (χ0n) is 19.0. The second-order valence-corrected chi connectivity index (χ2v) is 10.5. The van der Waals surface area contributed by atoms with Gasteiger partial charge in [-0.3, -0.25) is 15.0 Å². The third-order valence-corrected chi connectivity index (χ3v) is 8.22. The Morgan fingerprint density at radius 2 is 1.97 bits per heavy atom. The van der Waals surface area contributed by atoms with E-state index in [2.05, 4.69) is 32.4 Å². The number of halogens is 1. The predicted octanol–water partition coefficient (Wildman–Crippen LogP) is 5.07. The fraction of sp³-hybridized carbons (Fsp3) is 0.435. The Kier molecular flexibility index (Phi) is 6.59. The first-order chi connectivity index (χ1) is 16.4. The zero-order valence-corrected chi connectivity index (χ0v) is 20.6. The first-order valence-electron chi connectivity index (χ1n) is 11.5. The highest BCUT2D eigenvalue weighted by atomic mass is 35.5. The van der Waals surface area contributed by atoms with Gasteiger partial charge in [0.1, 0.15) is 5.69 Å². The fourth-order valence-corrected chi connectivity index (χ4v) is 5.73. The van der Waals surface area contributed by atoms with Crippen molar-refractivity contribution in [2.24, 2.45) is 10.2 Å². The molecule has 6 rings (SSSR count). The number of nitro benzene ring substituents is 1. The smallest absolute Gasteiger partial charge is 0.271 e. The molecule has 0 amide bonds. The summed E-state index contributed by atoms with van der Waals surface area (Å²) in [5.41, 5.74) is 2.21. The molecule has 3 aromatic rings. The van der Waals surface area contributed by atoms with E-state index >= 15 is 0 Å². The van der Waals surface area contributed by atoms with E-state index < -0.39 is 4.92 Å². The van der Waals surface area contributed by atoms with Crippen molar-refractivity contribution in [1.29, 1.82) is 0 Å². The molecule has 0 radical (unpaired) electrons. The van der Waals surface area contributed by atoms with E-state index in [1.54, 1.807) is 6.07 Å². The van der Waals surface area contributed by atoms with E-state index in [9.17, 15) is 10.1 Å². The molecule has 3 saturated heterocycles. The molecule has 1 aromatic heterocycles. The summed E-state index contributed by atoms with van der Waals surface area (Å²) >= 11 is 7.82. The summed E-state index contributed by atoms with van der Waals surface area (Å²) in [6.07, 6.45) is 0. The maximum Gasteiger partial charge on any atom is 0.271 e. The summed E-state index contributed by atoms with van der Waals surface area (Å²) in [4.78, 5) is 17.4. The Morgan fingerprint density at radius 1 is 1.21 bits per heavy atom. The number of azo groups is 1. The Morgan fingerprint density at radius 3 is 2.68 bits per heavy atom. The maximum atomic E-state index is 11.0. The number of thiazole rings is 1. The van der Waals surface area contributed by atoms with Gasteiger partial charge in [0.25, 0.3) is 5.69 Å². The SMILES string of the molecule is CC(NCC[N+]12CCN(CC1)CC2)c1ccc(N=Nc2nc3cc([N+](=O)[O-])ccc3s2)c(Cl)c1. The minimum atomic E-state index is -0.436. The van der Waals surface area contributed by atoms with Crippen LogP contribution >= 0.6 is 22.9 Å². The Hall–Kier alpha value is -2.50. The summed E-state index contributed by atoms with van der Waals surface area (Å²) in [6, 6.07) is 10.6. The van der Waals surface area contributed by atoms with Gasteiger partial charge in [0, 0.05) is 44.4 Å². The number of piperazine rings is 3. The van der Waals surface area contributed by atoms with Crippen molar-refractivity contribution in [3.63, 3.8) is 0 Å². The lowest BCUT2D eigenvalue weighted by Crippen LogP contribution is -2.68. The van der Waals surface area contributed by atoms with Crippen LogP contribution in [-0.4, -0.2) is 71.6 Å². The molecule has 34 heavy (non-hydrogen) atoms. The molecule has 4 heterocycles. The summed E-state index contributed by atoms with van der Waals surface area (Å²) in [5, 5.41) is 24.0. The lowest BCUT2D eigenvalue weighted by atomic mass is 10.1. The average molecular weight is 501 g/mol. The van der Waals surface area contributed by atoms with Crippen LogP contribution in [-0.2, 0) is 0 Å². The molecule has 1 N–H and O–H groups in total. The molecule has 1 atom stereocenters. The average Bonchev–Trinajstić information content (AvgIpc) is 3.26. The number of fused-ring (bicyclic) bond motifs is 4. The van der Waals surface area contributed by atoms with Crippen LogP contribution < -0.4 is 5.32 Å². The largest absolute Gasteiger partial charge is 0.319 e. The zero-order chi connectivity index (χ0) is 23.7. The van der Waals surface area contributed by atoms with Crippen molar-refractivity contribution in [3.05, 3.63) is 57.1 Å². The van der Waals surface area contributed by atoms with Crippen molar-refractivity contribution in [3.8, 4) is 0 Å². The third kappa shape index (κ3) is 4.96. The van der Waals surface area contributed by atoms with Crippen LogP contribution in [0.25, 0.3) is 10.2 Å². The van der Waals surface area contributed by atoms with Crippen LogP contribution in [0.15, 0.2) is 46.6 Å². The topological polar surface area (TPSA) is 96.0 Å². The summed E-state index contributed by atoms with van der Waals surface area (Å²) < 4.78 is 2.06. The standard InChI is InChI=1S/C23H27ClN7O2S/c1-16(25-6-10-31-11-7-29(8-12-31)9-13-31)17-2-4-20(19(24)14-17)27-28-23-26-21-15-18(30(32)33)3-5-22(21)34-23/h2-5,14-16,25H,6-13H2,1H3/q+1. The molecule has 0 spiro atoms. The van der Waals surface area contributed by atoms with Gasteiger partial charge in [-0.15, -0.1) is 10.2 Å². The molecule has 0 aliphatic carbocycles. The monoisotopic (exact) mass is 500 g/mol. The van der Waals surface area contributed by atoms with E-state index in [-0.39, 0.29) is 11.7 Å². The Bertz CT molecular complexity index is 1230. The van der Waals surface area contributed by atoms with Crippen molar-refractivity contribution < 1.29 is 9.41 Å². The van der Waals surface area contributed by atoms with Crippen LogP contribution in [0, 0.1) is 10.1 Å². The second kappa shape index (κ2) is 9.63. The fourth-order valence-electron chi connectivity index (χ4n) is 4.73. The number of quaternary nitrogens is 1. The molecule has 1 unspecified atom stereocenters. The van der Waals surface area contributed by atoms with Gasteiger partial charge in [-0.2, -0.15) is 0 Å². The molecule has 3 fully saturated rings. The lowest BCUT2D eigenvalue weighted by Gasteiger charge is -2.50. The van der Waals surface area contributed by atoms with Crippen molar-refractivity contribution >= 4 is 49.7 Å². The van der Waals surface area contributed by atoms with Gasteiger partial charge < -0.3 is 9.80 Å². The summed E-state index contributed by atoms with van der Waals surface area (Å²) in [5.74, 6) is 0. The predicted molar refractivity (Wildman–Crippen MR) is 134 cm³/mol. The number of nitrogens with zero attached hydrogens (tertiary/aromatic N) is 6. The van der Waals surface area contributed by atoms with Gasteiger partial charge >= 0.3 is 0 Å². The molecule has 3 aliphatic heterocycles. The minimum Gasteiger partial charge on any atom is -0.319 e. The minimum absolute atomic E-state index is 0.00497. The Labute approximate surface area is 206 Å². The molecular formula is C23H27ClN7O2S+. The molecular weight excluding hydrogens is 474 g/mol. The van der Waals surface area contributed by atoms with Gasteiger partial charge in [0.15, 0.2) is 0 Å². The van der Waals surface area contributed by atoms with Crippen molar-refractivity contribution in [2.75, 3.05) is 52.4 Å². The molecule has 2 bridgehead atoms. The molecule has 3 aliphatic rings. The first kappa shape index (κ1) is 23.3. The third-order valence-electron chi connectivity index (χ3n) is 6.99. The van der Waals surface area contributed by atoms with Crippen LogP contribution in [0.4, 0.5) is 16.5 Å². The number of aromatic nitrogens is 1. The van der Waals surface area contributed by atoms with Gasteiger partial charge in [0.05, 0.1) is 46.3 Å². The normalized spacial score (nSPS) is 23.1. The van der Waals surface area contributed by atoms with Crippen LogP contribution in [0.5, 0.6) is 0 Å². The van der Waals surface area contributed by atoms with Crippen molar-refractivity contribution in [1.82, 2.24) is 15.2 Å². The highest BCUT2D eigenvalue weighted by Crippen LogP contribution is 2.33. The number of hydrogen-bond donors (Lipinski definition) is 1. The van der Waals surface area contributed by atoms with E-state index in [4.69, 9.17) is 11.6 Å². The highest BCUT2D eigenvalue weighted by molar-refractivity contribution is 7.21. The van der Waals surface area contributed by atoms with E-state index in [1.165, 1.54) is 73.8 Å². The number of non-ortho nitro benzene ring substituents is 1. The lowest BCUT2D eigenvalue weighted by molar-refractivity contribution is -0.939. The number of nitrogens with one attached hydrogen (secondary N) is 1. The van der Waals surface area contributed by atoms with Crippen LogP contribution in [0.1, 0.15) is 18.5 Å². The molecule has 9 nitrogen and oxygen atoms in total. The summed E-state index contributed by atoms with van der Waals surface area (Å²) in [7, 11) is 0. The quantitative estimate of drug-likeness (QED) is 0.201. The number of hydrogen-bond acceptors (Lipinski definition) is 8. The number of nitro groups is 1. The number of benzene rings is 2. The second-order valence-electron chi connectivity index (χ2n) is 9.07. The van der Waals surface area contributed by atoms with E-state index in [0.29, 0.717) is 21.4 Å². The Balaban J connectivity index is 1.20. The number of rotatable bonds is 8. The molecule has 0 saturated carbocycles. The maximum absolute atomic E-state index is 11.0.